The van der Waals surface area contributed by atoms with Gasteiger partial charge in [-0.3, -0.25) is 4.79 Å². The summed E-state index contributed by atoms with van der Waals surface area (Å²) in [6.45, 7) is 5.66. The summed E-state index contributed by atoms with van der Waals surface area (Å²) in [6.07, 6.45) is 4.28. The van der Waals surface area contributed by atoms with E-state index < -0.39 is 24.2 Å². The molecular formula is C21H28N4O6. The summed E-state index contributed by atoms with van der Waals surface area (Å²) in [5.41, 5.74) is 0.236. The molecule has 1 aliphatic rings. The number of rotatable bonds is 10. The third kappa shape index (κ3) is 5.80. The van der Waals surface area contributed by atoms with Crippen LogP contribution in [0.4, 0.5) is 0 Å². The number of carboxylic acid groups (broad SMARTS) is 1. The predicted octanol–water partition coefficient (Wildman–Crippen LogP) is 2.28. The molecule has 0 aliphatic heterocycles. The largest absolute Gasteiger partial charge is 0.478 e. The Morgan fingerprint density at radius 1 is 1.35 bits per heavy atom. The molecular weight excluding hydrogens is 404 g/mol. The maximum Gasteiger partial charge on any atom is 0.331 e. The second-order valence-corrected chi connectivity index (χ2v) is 7.45. The topological polar surface area (TPSA) is 140 Å². The van der Waals surface area contributed by atoms with E-state index in [1.54, 1.807) is 18.2 Å². The average Bonchev–Trinajstić information content (AvgIpc) is 3.43. The van der Waals surface area contributed by atoms with Crippen LogP contribution in [-0.2, 0) is 20.9 Å². The van der Waals surface area contributed by atoms with Crippen LogP contribution in [0.1, 0.15) is 45.9 Å². The van der Waals surface area contributed by atoms with Gasteiger partial charge in [-0.05, 0) is 37.5 Å². The Morgan fingerprint density at radius 2 is 2.13 bits per heavy atom. The summed E-state index contributed by atoms with van der Waals surface area (Å²) in [5.74, 6) is -0.128. The maximum atomic E-state index is 11.9. The zero-order chi connectivity index (χ0) is 22.4. The van der Waals surface area contributed by atoms with Gasteiger partial charge in [0.1, 0.15) is 0 Å². The molecule has 1 aliphatic carbocycles. The van der Waals surface area contributed by atoms with Gasteiger partial charge in [-0.1, -0.05) is 19.0 Å². The van der Waals surface area contributed by atoms with Gasteiger partial charge in [-0.15, -0.1) is 0 Å². The molecule has 2 aromatic heterocycles. The van der Waals surface area contributed by atoms with Crippen LogP contribution in [0.15, 0.2) is 39.0 Å². The number of nitrogens with one attached hydrogen (secondary N) is 2. The normalized spacial score (nSPS) is 21.2. The molecule has 10 heteroatoms. The van der Waals surface area contributed by atoms with Crippen molar-refractivity contribution in [3.8, 4) is 11.7 Å². The summed E-state index contributed by atoms with van der Waals surface area (Å²) in [5, 5.41) is 19.7. The number of nitrogens with zero attached hydrogens (tertiary/aromatic N) is 2. The number of furan rings is 1. The van der Waals surface area contributed by atoms with Gasteiger partial charge in [-0.2, -0.15) is 4.98 Å². The Balaban J connectivity index is 1.77. The van der Waals surface area contributed by atoms with Crippen LogP contribution < -0.4 is 10.6 Å². The van der Waals surface area contributed by atoms with E-state index in [2.05, 4.69) is 20.8 Å². The summed E-state index contributed by atoms with van der Waals surface area (Å²) in [4.78, 5) is 27.9. The molecule has 0 saturated heterocycles. The molecule has 0 saturated carbocycles. The van der Waals surface area contributed by atoms with Crippen molar-refractivity contribution in [2.24, 2.45) is 0 Å². The lowest BCUT2D eigenvalue weighted by atomic mass is 9.87. The third-order valence-electron chi connectivity index (χ3n) is 5.22. The smallest absolute Gasteiger partial charge is 0.331 e. The SMILES string of the molecule is CCC(CC)O[C@@H]1C=C(C(=O)O)C[C@H](NCc2noc(-c3ccco3)n2)[C@H]1NC(C)=O. The minimum Gasteiger partial charge on any atom is -0.478 e. The van der Waals surface area contributed by atoms with Crippen LogP contribution in [0.2, 0.25) is 0 Å². The van der Waals surface area contributed by atoms with Gasteiger partial charge in [0.25, 0.3) is 5.89 Å². The number of amides is 1. The Labute approximate surface area is 180 Å². The molecule has 0 spiro atoms. The second kappa shape index (κ2) is 10.4. The van der Waals surface area contributed by atoms with Crippen molar-refractivity contribution >= 4 is 11.9 Å². The Bertz CT molecular complexity index is 903. The maximum absolute atomic E-state index is 11.9. The number of hydrogen-bond acceptors (Lipinski definition) is 8. The molecule has 3 N–H and O–H groups in total. The lowest BCUT2D eigenvalue weighted by Gasteiger charge is -2.38. The quantitative estimate of drug-likeness (QED) is 0.516. The van der Waals surface area contributed by atoms with Gasteiger partial charge in [0.15, 0.2) is 11.6 Å². The lowest BCUT2D eigenvalue weighted by Crippen LogP contribution is -2.58. The fourth-order valence-corrected chi connectivity index (χ4v) is 3.61. The summed E-state index contributed by atoms with van der Waals surface area (Å²) < 4.78 is 16.6. The van der Waals surface area contributed by atoms with E-state index in [4.69, 9.17) is 13.7 Å². The highest BCUT2D eigenvalue weighted by Gasteiger charge is 2.37. The number of aromatic nitrogens is 2. The molecule has 3 rings (SSSR count). The predicted molar refractivity (Wildman–Crippen MR) is 110 cm³/mol. The Kier molecular flexibility index (Phi) is 7.59. The number of carbonyl (C=O) groups is 2. The van der Waals surface area contributed by atoms with Gasteiger partial charge in [0.05, 0.1) is 31.1 Å². The van der Waals surface area contributed by atoms with Crippen LogP contribution in [-0.4, -0.2) is 51.4 Å². The molecule has 0 radical (unpaired) electrons. The third-order valence-corrected chi connectivity index (χ3v) is 5.22. The van der Waals surface area contributed by atoms with Gasteiger partial charge in [-0.25, -0.2) is 4.79 Å². The van der Waals surface area contributed by atoms with Crippen molar-refractivity contribution < 1.29 is 28.4 Å². The fourth-order valence-electron chi connectivity index (χ4n) is 3.61. The first-order valence-corrected chi connectivity index (χ1v) is 10.4. The van der Waals surface area contributed by atoms with E-state index in [9.17, 15) is 14.7 Å². The molecule has 1 amide bonds. The van der Waals surface area contributed by atoms with E-state index in [0.29, 0.717) is 11.6 Å². The van der Waals surface area contributed by atoms with Crippen LogP contribution in [0.25, 0.3) is 11.7 Å². The highest BCUT2D eigenvalue weighted by molar-refractivity contribution is 5.87. The first kappa shape index (κ1) is 22.7. The number of ether oxygens (including phenoxy) is 1. The molecule has 31 heavy (non-hydrogen) atoms. The van der Waals surface area contributed by atoms with Gasteiger partial charge in [0, 0.05) is 18.5 Å². The Hall–Kier alpha value is -2.98. The number of hydrogen-bond donors (Lipinski definition) is 3. The van der Waals surface area contributed by atoms with Crippen molar-refractivity contribution in [3.05, 3.63) is 35.9 Å². The summed E-state index contributed by atoms with van der Waals surface area (Å²) in [7, 11) is 0. The molecule has 0 aromatic carbocycles. The minimum atomic E-state index is -1.01. The van der Waals surface area contributed by atoms with Crippen molar-refractivity contribution in [2.75, 3.05) is 0 Å². The van der Waals surface area contributed by atoms with Crippen LogP contribution >= 0.6 is 0 Å². The zero-order valence-corrected chi connectivity index (χ0v) is 17.8. The highest BCUT2D eigenvalue weighted by Crippen LogP contribution is 2.25. The van der Waals surface area contributed by atoms with E-state index in [1.165, 1.54) is 13.2 Å². The second-order valence-electron chi connectivity index (χ2n) is 7.45. The van der Waals surface area contributed by atoms with E-state index in [1.807, 2.05) is 13.8 Å². The number of carboxylic acids is 1. The summed E-state index contributed by atoms with van der Waals surface area (Å²) >= 11 is 0. The number of carbonyl (C=O) groups excluding carboxylic acids is 1. The molecule has 0 bridgehead atoms. The van der Waals surface area contributed by atoms with Crippen molar-refractivity contribution in [1.82, 2.24) is 20.8 Å². The Morgan fingerprint density at radius 3 is 2.74 bits per heavy atom. The lowest BCUT2D eigenvalue weighted by molar-refractivity contribution is -0.133. The van der Waals surface area contributed by atoms with Crippen molar-refractivity contribution in [3.63, 3.8) is 0 Å². The average molecular weight is 432 g/mol. The zero-order valence-electron chi connectivity index (χ0n) is 17.8. The molecule has 10 nitrogen and oxygen atoms in total. The highest BCUT2D eigenvalue weighted by atomic mass is 16.5. The van der Waals surface area contributed by atoms with Crippen LogP contribution in [0.5, 0.6) is 0 Å². The first-order chi connectivity index (χ1) is 14.9. The molecule has 3 atom stereocenters. The molecule has 0 fully saturated rings. The molecule has 168 valence electrons. The van der Waals surface area contributed by atoms with Crippen molar-refractivity contribution in [2.45, 2.75) is 70.9 Å². The van der Waals surface area contributed by atoms with Crippen molar-refractivity contribution in [1.29, 1.82) is 0 Å². The fraction of sp³-hybridized carbons (Fsp3) is 0.524. The monoisotopic (exact) mass is 432 g/mol. The van der Waals surface area contributed by atoms with E-state index in [0.717, 1.165) is 12.8 Å². The first-order valence-electron chi connectivity index (χ1n) is 10.4. The van der Waals surface area contributed by atoms with Gasteiger partial charge in [0.2, 0.25) is 5.91 Å². The molecule has 2 aromatic rings. The van der Waals surface area contributed by atoms with E-state index in [-0.39, 0.29) is 36.4 Å². The minimum absolute atomic E-state index is 0.0423. The van der Waals surface area contributed by atoms with Crippen LogP contribution in [0, 0.1) is 0 Å². The van der Waals surface area contributed by atoms with Gasteiger partial charge >= 0.3 is 5.97 Å². The van der Waals surface area contributed by atoms with Gasteiger partial charge < -0.3 is 29.4 Å². The molecule has 0 unspecified atom stereocenters. The molecule has 2 heterocycles. The standard InChI is InChI=1S/C21H28N4O6/c1-4-14(5-2)30-17-10-13(21(27)28)9-15(19(17)23-12(3)26)22-11-18-24-20(31-25-18)16-7-6-8-29-16/h6-8,10,14-15,17,19,22H,4-5,9,11H2,1-3H3,(H,23,26)(H,27,28)/t15-,17+,19+/m0/s1. The van der Waals surface area contributed by atoms with Crippen LogP contribution in [0.3, 0.4) is 0 Å². The number of aliphatic carboxylic acids is 1. The summed E-state index contributed by atoms with van der Waals surface area (Å²) in [6, 6.07) is 2.59. The van der Waals surface area contributed by atoms with E-state index >= 15 is 0 Å².